The lowest BCUT2D eigenvalue weighted by atomic mass is 10.2. The van der Waals surface area contributed by atoms with Crippen LogP contribution < -0.4 is 5.32 Å². The number of hydrogen-bond acceptors (Lipinski definition) is 2. The summed E-state index contributed by atoms with van der Waals surface area (Å²) in [5.74, 6) is 0.565. The molecule has 0 aliphatic heterocycles. The molecule has 1 saturated carbocycles. The lowest BCUT2D eigenvalue weighted by Gasteiger charge is -2.06. The van der Waals surface area contributed by atoms with Crippen molar-refractivity contribution in [1.82, 2.24) is 5.32 Å². The van der Waals surface area contributed by atoms with Gasteiger partial charge in [0.25, 0.3) is 5.91 Å². The Hall–Kier alpha value is -0.670. The van der Waals surface area contributed by atoms with E-state index in [4.69, 9.17) is 11.6 Å². The Labute approximate surface area is 99.4 Å². The monoisotopic (exact) mass is 241 g/mol. The topological polar surface area (TPSA) is 29.1 Å². The molecule has 1 N–H and O–H groups in total. The standard InChI is InChI=1S/C11H12ClNOS/c12-10-4-3-8(15)5-9(10)11(14)13-6-7-1-2-7/h3-5,7,15H,1-2,6H2,(H,13,14). The second-order valence-electron chi connectivity index (χ2n) is 3.82. The van der Waals surface area contributed by atoms with Gasteiger partial charge in [0, 0.05) is 11.4 Å². The van der Waals surface area contributed by atoms with Crippen molar-refractivity contribution in [3.05, 3.63) is 28.8 Å². The highest BCUT2D eigenvalue weighted by Crippen LogP contribution is 2.28. The van der Waals surface area contributed by atoms with Crippen LogP contribution >= 0.6 is 24.2 Å². The molecule has 1 aromatic carbocycles. The Kier molecular flexibility index (Phi) is 3.22. The van der Waals surface area contributed by atoms with Crippen molar-refractivity contribution in [1.29, 1.82) is 0 Å². The van der Waals surface area contributed by atoms with E-state index in [9.17, 15) is 4.79 Å². The number of hydrogen-bond donors (Lipinski definition) is 2. The molecule has 0 heterocycles. The molecular formula is C11H12ClNOS. The Balaban J connectivity index is 2.05. The average molecular weight is 242 g/mol. The molecule has 2 nitrogen and oxygen atoms in total. The minimum Gasteiger partial charge on any atom is -0.352 e. The number of halogens is 1. The van der Waals surface area contributed by atoms with Crippen LogP contribution in [0.1, 0.15) is 23.2 Å². The minimum atomic E-state index is -0.109. The molecule has 0 radical (unpaired) electrons. The second kappa shape index (κ2) is 4.45. The fourth-order valence-electron chi connectivity index (χ4n) is 1.34. The summed E-state index contributed by atoms with van der Waals surface area (Å²) < 4.78 is 0. The van der Waals surface area contributed by atoms with Gasteiger partial charge in [0.1, 0.15) is 0 Å². The Bertz CT molecular complexity index is 390. The Morgan fingerprint density at radius 1 is 1.53 bits per heavy atom. The van der Waals surface area contributed by atoms with E-state index in [1.54, 1.807) is 18.2 Å². The summed E-state index contributed by atoms with van der Waals surface area (Å²) in [4.78, 5) is 12.5. The lowest BCUT2D eigenvalue weighted by molar-refractivity contribution is 0.0951. The number of nitrogens with one attached hydrogen (secondary N) is 1. The molecule has 0 aromatic heterocycles. The number of rotatable bonds is 3. The highest BCUT2D eigenvalue weighted by molar-refractivity contribution is 7.80. The zero-order chi connectivity index (χ0) is 10.8. The van der Waals surface area contributed by atoms with Gasteiger partial charge < -0.3 is 5.32 Å². The average Bonchev–Trinajstić information content (AvgIpc) is 3.02. The third-order valence-corrected chi connectivity index (χ3v) is 3.05. The van der Waals surface area contributed by atoms with Crippen LogP contribution in [0, 0.1) is 5.92 Å². The van der Waals surface area contributed by atoms with Crippen LogP contribution in [-0.2, 0) is 0 Å². The van der Waals surface area contributed by atoms with Gasteiger partial charge in [0.2, 0.25) is 0 Å². The van der Waals surface area contributed by atoms with Gasteiger partial charge in [-0.15, -0.1) is 12.6 Å². The highest BCUT2D eigenvalue weighted by atomic mass is 35.5. The van der Waals surface area contributed by atoms with Gasteiger partial charge in [-0.2, -0.15) is 0 Å². The van der Waals surface area contributed by atoms with Crippen LogP contribution in [0.2, 0.25) is 5.02 Å². The zero-order valence-electron chi connectivity index (χ0n) is 8.16. The SMILES string of the molecule is O=C(NCC1CC1)c1cc(S)ccc1Cl. The highest BCUT2D eigenvalue weighted by Gasteiger charge is 2.22. The van der Waals surface area contributed by atoms with Gasteiger partial charge in [-0.1, -0.05) is 11.6 Å². The largest absolute Gasteiger partial charge is 0.352 e. The first-order valence-corrected chi connectivity index (χ1v) is 5.76. The van der Waals surface area contributed by atoms with Crippen LogP contribution in [0.3, 0.4) is 0 Å². The van der Waals surface area contributed by atoms with E-state index in [1.165, 1.54) is 12.8 Å². The fraction of sp³-hybridized carbons (Fsp3) is 0.364. The number of thiol groups is 1. The van der Waals surface area contributed by atoms with E-state index < -0.39 is 0 Å². The third-order valence-electron chi connectivity index (χ3n) is 2.44. The molecule has 4 heteroatoms. The van der Waals surface area contributed by atoms with Crippen LogP contribution in [-0.4, -0.2) is 12.5 Å². The number of amides is 1. The summed E-state index contributed by atoms with van der Waals surface area (Å²) in [5.41, 5.74) is 0.504. The Morgan fingerprint density at radius 3 is 2.93 bits per heavy atom. The van der Waals surface area contributed by atoms with Gasteiger partial charge in [0.05, 0.1) is 10.6 Å². The van der Waals surface area contributed by atoms with Crippen molar-refractivity contribution < 1.29 is 4.79 Å². The lowest BCUT2D eigenvalue weighted by Crippen LogP contribution is -2.25. The fourth-order valence-corrected chi connectivity index (χ4v) is 1.75. The molecule has 15 heavy (non-hydrogen) atoms. The number of carbonyl (C=O) groups excluding carboxylic acids is 1. The third kappa shape index (κ3) is 2.89. The first-order valence-electron chi connectivity index (χ1n) is 4.93. The molecule has 0 bridgehead atoms. The molecule has 1 amide bonds. The summed E-state index contributed by atoms with van der Waals surface area (Å²) in [5, 5.41) is 3.34. The van der Waals surface area contributed by atoms with Gasteiger partial charge in [0.15, 0.2) is 0 Å². The van der Waals surface area contributed by atoms with Gasteiger partial charge in [-0.3, -0.25) is 4.79 Å². The van der Waals surface area contributed by atoms with Crippen molar-refractivity contribution in [3.8, 4) is 0 Å². The van der Waals surface area contributed by atoms with E-state index in [-0.39, 0.29) is 5.91 Å². The van der Waals surface area contributed by atoms with Crippen molar-refractivity contribution in [3.63, 3.8) is 0 Å². The van der Waals surface area contributed by atoms with E-state index in [0.29, 0.717) is 16.5 Å². The maximum atomic E-state index is 11.7. The molecule has 2 rings (SSSR count). The molecule has 1 fully saturated rings. The zero-order valence-corrected chi connectivity index (χ0v) is 9.81. The molecule has 1 aromatic rings. The molecule has 0 atom stereocenters. The predicted molar refractivity (Wildman–Crippen MR) is 63.8 cm³/mol. The van der Waals surface area contributed by atoms with Crippen LogP contribution in [0.4, 0.5) is 0 Å². The van der Waals surface area contributed by atoms with Gasteiger partial charge >= 0.3 is 0 Å². The summed E-state index contributed by atoms with van der Waals surface area (Å²) >= 11 is 10.1. The van der Waals surface area contributed by atoms with Crippen molar-refractivity contribution >= 4 is 30.1 Å². The molecule has 80 valence electrons. The van der Waals surface area contributed by atoms with Crippen LogP contribution in [0.5, 0.6) is 0 Å². The Morgan fingerprint density at radius 2 is 2.27 bits per heavy atom. The first-order chi connectivity index (χ1) is 7.16. The molecule has 0 saturated heterocycles. The van der Waals surface area contributed by atoms with Crippen molar-refractivity contribution in [2.75, 3.05) is 6.54 Å². The second-order valence-corrected chi connectivity index (χ2v) is 4.74. The molecule has 1 aliphatic carbocycles. The molecular weight excluding hydrogens is 230 g/mol. The van der Waals surface area contributed by atoms with E-state index in [2.05, 4.69) is 17.9 Å². The molecule has 0 unspecified atom stereocenters. The summed E-state index contributed by atoms with van der Waals surface area (Å²) in [6.45, 7) is 0.756. The maximum absolute atomic E-state index is 11.7. The normalized spacial score (nSPS) is 15.1. The van der Waals surface area contributed by atoms with Gasteiger partial charge in [-0.25, -0.2) is 0 Å². The molecule has 1 aliphatic rings. The van der Waals surface area contributed by atoms with Crippen LogP contribution in [0.15, 0.2) is 23.1 Å². The summed E-state index contributed by atoms with van der Waals surface area (Å²) in [7, 11) is 0. The quantitative estimate of drug-likeness (QED) is 0.783. The summed E-state index contributed by atoms with van der Waals surface area (Å²) in [6.07, 6.45) is 2.45. The minimum absolute atomic E-state index is 0.109. The predicted octanol–water partition coefficient (Wildman–Crippen LogP) is 2.77. The van der Waals surface area contributed by atoms with Crippen molar-refractivity contribution in [2.45, 2.75) is 17.7 Å². The smallest absolute Gasteiger partial charge is 0.252 e. The van der Waals surface area contributed by atoms with E-state index in [1.807, 2.05) is 0 Å². The molecule has 0 spiro atoms. The van der Waals surface area contributed by atoms with E-state index in [0.717, 1.165) is 11.4 Å². The summed E-state index contributed by atoms with van der Waals surface area (Å²) in [6, 6.07) is 5.15. The van der Waals surface area contributed by atoms with Gasteiger partial charge in [-0.05, 0) is 37.0 Å². The van der Waals surface area contributed by atoms with Crippen molar-refractivity contribution in [2.24, 2.45) is 5.92 Å². The maximum Gasteiger partial charge on any atom is 0.252 e. The van der Waals surface area contributed by atoms with E-state index >= 15 is 0 Å². The first kappa shape index (κ1) is 10.8. The number of benzene rings is 1. The van der Waals surface area contributed by atoms with Crippen LogP contribution in [0.25, 0.3) is 0 Å². The number of carbonyl (C=O) groups is 1.